The van der Waals surface area contributed by atoms with Crippen molar-refractivity contribution in [1.29, 1.82) is 0 Å². The minimum Gasteiger partial charge on any atom is -0.352 e. The third-order valence-corrected chi connectivity index (χ3v) is 7.79. The molecule has 1 aliphatic rings. The fraction of sp³-hybridized carbons (Fsp3) is 0.462. The van der Waals surface area contributed by atoms with E-state index in [0.29, 0.717) is 22.2 Å². The number of hydrogen-bond donors (Lipinski definition) is 1. The number of hydrogen-bond acceptors (Lipinski definition) is 3. The second-order valence-electron chi connectivity index (χ2n) is 8.61. The zero-order valence-electron chi connectivity index (χ0n) is 19.4. The molecule has 1 fully saturated rings. The molecule has 184 valence electrons. The lowest BCUT2D eigenvalue weighted by atomic mass is 9.95. The zero-order chi connectivity index (χ0) is 24.5. The third-order valence-electron chi connectivity index (χ3n) is 6.14. The van der Waals surface area contributed by atoms with E-state index in [-0.39, 0.29) is 36.0 Å². The Kier molecular flexibility index (Phi) is 10.5. The third kappa shape index (κ3) is 7.62. The summed E-state index contributed by atoms with van der Waals surface area (Å²) in [5, 5.41) is 4.29. The number of thioether (sulfide) groups is 1. The van der Waals surface area contributed by atoms with Gasteiger partial charge in [0.1, 0.15) is 11.9 Å². The van der Waals surface area contributed by atoms with Crippen LogP contribution in [0.5, 0.6) is 0 Å². The van der Waals surface area contributed by atoms with E-state index < -0.39 is 6.04 Å². The Morgan fingerprint density at radius 1 is 1.09 bits per heavy atom. The minimum absolute atomic E-state index is 0.121. The topological polar surface area (TPSA) is 49.4 Å². The number of halogens is 3. The van der Waals surface area contributed by atoms with Crippen LogP contribution in [-0.4, -0.2) is 34.6 Å². The van der Waals surface area contributed by atoms with E-state index in [1.165, 1.54) is 30.3 Å². The predicted molar refractivity (Wildman–Crippen MR) is 139 cm³/mol. The monoisotopic (exact) mass is 524 g/mol. The molecule has 1 saturated carbocycles. The molecule has 0 radical (unpaired) electrons. The molecular weight excluding hydrogens is 494 g/mol. The maximum absolute atomic E-state index is 13.4. The Bertz CT molecular complexity index is 948. The van der Waals surface area contributed by atoms with Crippen LogP contribution >= 0.6 is 35.0 Å². The average Bonchev–Trinajstić information content (AvgIpc) is 2.82. The number of nitrogens with zero attached hydrogens (tertiary/aromatic N) is 1. The highest BCUT2D eigenvalue weighted by Crippen LogP contribution is 2.28. The summed E-state index contributed by atoms with van der Waals surface area (Å²) in [4.78, 5) is 28.2. The van der Waals surface area contributed by atoms with Crippen LogP contribution in [0.4, 0.5) is 4.39 Å². The highest BCUT2D eigenvalue weighted by atomic mass is 35.5. The first-order valence-electron chi connectivity index (χ1n) is 11.7. The van der Waals surface area contributed by atoms with E-state index in [9.17, 15) is 14.0 Å². The molecule has 34 heavy (non-hydrogen) atoms. The molecule has 2 amide bonds. The molecule has 1 aliphatic carbocycles. The van der Waals surface area contributed by atoms with Crippen LogP contribution in [0, 0.1) is 5.82 Å². The van der Waals surface area contributed by atoms with Gasteiger partial charge in [-0.3, -0.25) is 9.59 Å². The second kappa shape index (κ2) is 13.4. The van der Waals surface area contributed by atoms with Crippen LogP contribution in [0.3, 0.4) is 0 Å². The van der Waals surface area contributed by atoms with Crippen LogP contribution in [0.25, 0.3) is 0 Å². The highest BCUT2D eigenvalue weighted by molar-refractivity contribution is 7.99. The van der Waals surface area contributed by atoms with Crippen molar-refractivity contribution < 1.29 is 14.0 Å². The normalized spacial score (nSPS) is 15.1. The fourth-order valence-corrected chi connectivity index (χ4v) is 5.89. The Balaban J connectivity index is 1.72. The van der Waals surface area contributed by atoms with Crippen molar-refractivity contribution in [2.75, 3.05) is 5.75 Å². The largest absolute Gasteiger partial charge is 0.352 e. The lowest BCUT2D eigenvalue weighted by Crippen LogP contribution is -2.52. The van der Waals surface area contributed by atoms with Gasteiger partial charge in [0.05, 0.1) is 5.75 Å². The summed E-state index contributed by atoms with van der Waals surface area (Å²) in [7, 11) is 0. The molecule has 0 aromatic heterocycles. The summed E-state index contributed by atoms with van der Waals surface area (Å²) in [6.07, 6.45) is 5.87. The van der Waals surface area contributed by atoms with E-state index >= 15 is 0 Å². The molecule has 0 spiro atoms. The molecule has 0 bridgehead atoms. The summed E-state index contributed by atoms with van der Waals surface area (Å²) in [6, 6.07) is 10.9. The van der Waals surface area contributed by atoms with Crippen molar-refractivity contribution >= 4 is 46.8 Å². The predicted octanol–water partition coefficient (Wildman–Crippen LogP) is 6.62. The van der Waals surface area contributed by atoms with Crippen molar-refractivity contribution in [3.05, 3.63) is 69.5 Å². The molecule has 0 heterocycles. The quantitative estimate of drug-likeness (QED) is 0.379. The molecule has 0 unspecified atom stereocenters. The SMILES string of the molecule is CC[C@@H](C(=O)NC1CCCCC1)N(Cc1ccc(F)cc1)C(=O)CSCc1c(Cl)cccc1Cl. The van der Waals surface area contributed by atoms with Gasteiger partial charge < -0.3 is 10.2 Å². The minimum atomic E-state index is -0.594. The molecular formula is C26H31Cl2FN2O2S. The lowest BCUT2D eigenvalue weighted by Gasteiger charge is -2.32. The number of benzene rings is 2. The van der Waals surface area contributed by atoms with E-state index in [1.54, 1.807) is 35.2 Å². The number of amides is 2. The summed E-state index contributed by atoms with van der Waals surface area (Å²) < 4.78 is 13.4. The van der Waals surface area contributed by atoms with Crippen LogP contribution in [0.15, 0.2) is 42.5 Å². The fourth-order valence-electron chi connectivity index (χ4n) is 4.24. The number of nitrogens with one attached hydrogen (secondary N) is 1. The first kappa shape index (κ1) is 26.8. The Morgan fingerprint density at radius 2 is 1.74 bits per heavy atom. The van der Waals surface area contributed by atoms with Gasteiger partial charge >= 0.3 is 0 Å². The maximum Gasteiger partial charge on any atom is 0.243 e. The highest BCUT2D eigenvalue weighted by Gasteiger charge is 2.30. The van der Waals surface area contributed by atoms with Crippen molar-refractivity contribution in [1.82, 2.24) is 10.2 Å². The van der Waals surface area contributed by atoms with Crippen LogP contribution in [-0.2, 0) is 21.9 Å². The second-order valence-corrected chi connectivity index (χ2v) is 10.4. The summed E-state index contributed by atoms with van der Waals surface area (Å²) in [6.45, 7) is 2.15. The standard InChI is InChI=1S/C26H31Cl2FN2O2S/c1-2-24(26(33)30-20-7-4-3-5-8-20)31(15-18-11-13-19(29)14-12-18)25(32)17-34-16-21-22(27)9-6-10-23(21)28/h6,9-14,20,24H,2-5,7-8,15-17H2,1H3,(H,30,33)/t24-/m0/s1. The van der Waals surface area contributed by atoms with E-state index in [0.717, 1.165) is 36.8 Å². The first-order valence-corrected chi connectivity index (χ1v) is 13.6. The van der Waals surface area contributed by atoms with Gasteiger partial charge in [-0.1, -0.05) is 67.6 Å². The van der Waals surface area contributed by atoms with Gasteiger partial charge in [-0.15, -0.1) is 11.8 Å². The Morgan fingerprint density at radius 3 is 2.35 bits per heavy atom. The van der Waals surface area contributed by atoms with Crippen LogP contribution in [0.1, 0.15) is 56.6 Å². The van der Waals surface area contributed by atoms with Crippen LogP contribution in [0.2, 0.25) is 10.0 Å². The van der Waals surface area contributed by atoms with Gasteiger partial charge in [-0.2, -0.15) is 0 Å². The number of carbonyl (C=O) groups excluding carboxylic acids is 2. The van der Waals surface area contributed by atoms with Gasteiger partial charge in [0.2, 0.25) is 11.8 Å². The maximum atomic E-state index is 13.4. The first-order chi connectivity index (χ1) is 16.4. The molecule has 3 rings (SSSR count). The van der Waals surface area contributed by atoms with Crippen molar-refractivity contribution in [2.24, 2.45) is 0 Å². The van der Waals surface area contributed by atoms with Gasteiger partial charge in [0.25, 0.3) is 0 Å². The Labute approximate surface area is 215 Å². The van der Waals surface area contributed by atoms with Gasteiger partial charge in [-0.05, 0) is 54.7 Å². The summed E-state index contributed by atoms with van der Waals surface area (Å²) in [5.74, 6) is 0.0541. The van der Waals surface area contributed by atoms with Crippen molar-refractivity contribution in [2.45, 2.75) is 69.8 Å². The van der Waals surface area contributed by atoms with E-state index in [1.807, 2.05) is 6.92 Å². The number of carbonyl (C=O) groups is 2. The molecule has 4 nitrogen and oxygen atoms in total. The van der Waals surface area contributed by atoms with Gasteiger partial charge in [0.15, 0.2) is 0 Å². The molecule has 1 atom stereocenters. The molecule has 0 saturated heterocycles. The van der Waals surface area contributed by atoms with Crippen molar-refractivity contribution in [3.8, 4) is 0 Å². The van der Waals surface area contributed by atoms with E-state index in [4.69, 9.17) is 23.2 Å². The summed E-state index contributed by atoms with van der Waals surface area (Å²) in [5.41, 5.74) is 1.56. The molecule has 2 aromatic carbocycles. The molecule has 2 aromatic rings. The summed E-state index contributed by atoms with van der Waals surface area (Å²) >= 11 is 13.9. The van der Waals surface area contributed by atoms with Crippen LogP contribution < -0.4 is 5.32 Å². The molecule has 8 heteroatoms. The lowest BCUT2D eigenvalue weighted by molar-refractivity contribution is -0.139. The van der Waals surface area contributed by atoms with Gasteiger partial charge in [-0.25, -0.2) is 4.39 Å². The van der Waals surface area contributed by atoms with E-state index in [2.05, 4.69) is 5.32 Å². The molecule has 0 aliphatic heterocycles. The van der Waals surface area contributed by atoms with Crippen molar-refractivity contribution in [3.63, 3.8) is 0 Å². The Hall–Kier alpha value is -1.76. The smallest absolute Gasteiger partial charge is 0.243 e. The average molecular weight is 526 g/mol. The number of rotatable bonds is 10. The van der Waals surface area contributed by atoms with Gasteiger partial charge in [0, 0.05) is 28.4 Å². The molecule has 1 N–H and O–H groups in total. The zero-order valence-corrected chi connectivity index (χ0v) is 21.7.